The van der Waals surface area contributed by atoms with Crippen molar-refractivity contribution in [1.29, 1.82) is 5.26 Å². The minimum absolute atomic E-state index is 0.167. The Bertz CT molecular complexity index is 675. The maximum absolute atomic E-state index is 9.80. The number of hydrogen-bond acceptors (Lipinski definition) is 1. The van der Waals surface area contributed by atoms with Crippen molar-refractivity contribution in [3.8, 4) is 6.07 Å². The minimum atomic E-state index is -0.167. The molecule has 0 N–H and O–H groups in total. The van der Waals surface area contributed by atoms with E-state index in [0.717, 1.165) is 32.1 Å². The summed E-state index contributed by atoms with van der Waals surface area (Å²) in [6, 6.07) is 17.6. The van der Waals surface area contributed by atoms with E-state index in [1.54, 1.807) is 0 Å². The SMILES string of the molecule is CC1(C)CCC(C#N)(Cc2cccc3ccccc23)CC1. The second-order valence-corrected chi connectivity index (χ2v) is 7.37. The van der Waals surface area contributed by atoms with Crippen LogP contribution in [0.4, 0.5) is 0 Å². The van der Waals surface area contributed by atoms with Crippen LogP contribution in [0.15, 0.2) is 42.5 Å². The van der Waals surface area contributed by atoms with E-state index >= 15 is 0 Å². The number of nitrogens with zero attached hydrogens (tertiary/aromatic N) is 1. The molecule has 0 heterocycles. The van der Waals surface area contributed by atoms with Crippen molar-refractivity contribution in [3.05, 3.63) is 48.0 Å². The normalized spacial score (nSPS) is 20.0. The van der Waals surface area contributed by atoms with Gasteiger partial charge in [-0.25, -0.2) is 0 Å². The Labute approximate surface area is 127 Å². The van der Waals surface area contributed by atoms with Gasteiger partial charge in [-0.1, -0.05) is 56.3 Å². The van der Waals surface area contributed by atoms with E-state index in [-0.39, 0.29) is 5.41 Å². The highest BCUT2D eigenvalue weighted by molar-refractivity contribution is 5.85. The van der Waals surface area contributed by atoms with Crippen molar-refractivity contribution in [3.63, 3.8) is 0 Å². The minimum Gasteiger partial charge on any atom is -0.198 e. The van der Waals surface area contributed by atoms with E-state index in [1.165, 1.54) is 16.3 Å². The molecule has 0 amide bonds. The fourth-order valence-corrected chi connectivity index (χ4v) is 3.54. The first kappa shape index (κ1) is 14.1. The molecule has 1 fully saturated rings. The molecule has 0 aromatic heterocycles. The third-order valence-corrected chi connectivity index (χ3v) is 5.21. The van der Waals surface area contributed by atoms with Crippen molar-refractivity contribution in [2.45, 2.75) is 46.0 Å². The Kier molecular flexibility index (Phi) is 3.49. The lowest BCUT2D eigenvalue weighted by Crippen LogP contribution is -2.31. The van der Waals surface area contributed by atoms with Crippen LogP contribution in [0.25, 0.3) is 10.8 Å². The van der Waals surface area contributed by atoms with Crippen LogP contribution in [-0.4, -0.2) is 0 Å². The summed E-state index contributed by atoms with van der Waals surface area (Å²) in [4.78, 5) is 0. The number of rotatable bonds is 2. The smallest absolute Gasteiger partial charge is 0.0693 e. The van der Waals surface area contributed by atoms with Gasteiger partial charge in [-0.15, -0.1) is 0 Å². The lowest BCUT2D eigenvalue weighted by Gasteiger charge is -2.39. The van der Waals surface area contributed by atoms with Gasteiger partial charge in [-0.05, 0) is 53.9 Å². The monoisotopic (exact) mass is 277 g/mol. The van der Waals surface area contributed by atoms with Crippen LogP contribution in [0.5, 0.6) is 0 Å². The maximum atomic E-state index is 9.80. The number of nitriles is 1. The molecule has 1 saturated carbocycles. The van der Waals surface area contributed by atoms with Crippen molar-refractivity contribution in [1.82, 2.24) is 0 Å². The highest BCUT2D eigenvalue weighted by Crippen LogP contribution is 2.46. The Morgan fingerprint density at radius 2 is 1.62 bits per heavy atom. The maximum Gasteiger partial charge on any atom is 0.0693 e. The summed E-state index contributed by atoms with van der Waals surface area (Å²) >= 11 is 0. The number of fused-ring (bicyclic) bond motifs is 1. The van der Waals surface area contributed by atoms with Crippen LogP contribution in [0.3, 0.4) is 0 Å². The van der Waals surface area contributed by atoms with Gasteiger partial charge in [0.1, 0.15) is 0 Å². The average Bonchev–Trinajstić information content (AvgIpc) is 2.50. The van der Waals surface area contributed by atoms with Crippen LogP contribution in [0.1, 0.15) is 45.1 Å². The molecule has 0 saturated heterocycles. The molecule has 1 aliphatic rings. The van der Waals surface area contributed by atoms with Crippen molar-refractivity contribution in [2.24, 2.45) is 10.8 Å². The van der Waals surface area contributed by atoms with E-state index in [9.17, 15) is 5.26 Å². The zero-order valence-electron chi connectivity index (χ0n) is 13.0. The zero-order chi connectivity index (χ0) is 14.9. The van der Waals surface area contributed by atoms with Gasteiger partial charge in [0.05, 0.1) is 11.5 Å². The van der Waals surface area contributed by atoms with E-state index in [0.29, 0.717) is 5.41 Å². The summed E-state index contributed by atoms with van der Waals surface area (Å²) in [6.07, 6.45) is 5.26. The molecule has 0 atom stereocenters. The highest BCUT2D eigenvalue weighted by atomic mass is 14.4. The molecule has 0 unspecified atom stereocenters. The van der Waals surface area contributed by atoms with Crippen molar-refractivity contribution >= 4 is 10.8 Å². The van der Waals surface area contributed by atoms with E-state index in [2.05, 4.69) is 62.4 Å². The molecular formula is C20H23N. The van der Waals surface area contributed by atoms with Crippen LogP contribution in [0, 0.1) is 22.2 Å². The molecule has 1 heteroatoms. The van der Waals surface area contributed by atoms with E-state index in [1.807, 2.05) is 0 Å². The summed E-state index contributed by atoms with van der Waals surface area (Å²) in [5.41, 5.74) is 1.56. The summed E-state index contributed by atoms with van der Waals surface area (Å²) in [5, 5.41) is 12.4. The van der Waals surface area contributed by atoms with Gasteiger partial charge >= 0.3 is 0 Å². The standard InChI is InChI=1S/C20H23N/c1-19(2)10-12-20(15-21,13-11-19)14-17-8-5-7-16-6-3-4-9-18(16)17/h3-9H,10-14H2,1-2H3. The molecule has 0 aliphatic heterocycles. The Balaban J connectivity index is 1.92. The van der Waals surface area contributed by atoms with Gasteiger partial charge in [-0.2, -0.15) is 5.26 Å². The molecule has 0 bridgehead atoms. The first-order valence-corrected chi connectivity index (χ1v) is 7.92. The summed E-state index contributed by atoms with van der Waals surface area (Å²) in [6.45, 7) is 4.65. The molecule has 21 heavy (non-hydrogen) atoms. The fraction of sp³-hybridized carbons (Fsp3) is 0.450. The predicted octanol–water partition coefficient (Wildman–Crippen LogP) is 5.49. The highest BCUT2D eigenvalue weighted by Gasteiger charge is 2.38. The Morgan fingerprint density at radius 3 is 2.33 bits per heavy atom. The van der Waals surface area contributed by atoms with Gasteiger partial charge in [0.15, 0.2) is 0 Å². The van der Waals surface area contributed by atoms with Gasteiger partial charge in [0.25, 0.3) is 0 Å². The van der Waals surface area contributed by atoms with E-state index < -0.39 is 0 Å². The fourth-order valence-electron chi connectivity index (χ4n) is 3.54. The van der Waals surface area contributed by atoms with Crippen LogP contribution < -0.4 is 0 Å². The molecule has 1 nitrogen and oxygen atoms in total. The summed E-state index contributed by atoms with van der Waals surface area (Å²) < 4.78 is 0. The third-order valence-electron chi connectivity index (χ3n) is 5.21. The molecule has 2 aromatic carbocycles. The largest absolute Gasteiger partial charge is 0.198 e. The summed E-state index contributed by atoms with van der Waals surface area (Å²) in [7, 11) is 0. The first-order chi connectivity index (χ1) is 10.0. The zero-order valence-corrected chi connectivity index (χ0v) is 13.0. The lowest BCUT2D eigenvalue weighted by atomic mass is 9.63. The van der Waals surface area contributed by atoms with E-state index in [4.69, 9.17) is 0 Å². The number of hydrogen-bond donors (Lipinski definition) is 0. The predicted molar refractivity (Wildman–Crippen MR) is 87.9 cm³/mol. The van der Waals surface area contributed by atoms with Gasteiger partial charge in [-0.3, -0.25) is 0 Å². The average molecular weight is 277 g/mol. The van der Waals surface area contributed by atoms with Gasteiger partial charge in [0.2, 0.25) is 0 Å². The molecule has 1 aliphatic carbocycles. The van der Waals surface area contributed by atoms with Crippen LogP contribution >= 0.6 is 0 Å². The van der Waals surface area contributed by atoms with Crippen LogP contribution in [-0.2, 0) is 6.42 Å². The quantitative estimate of drug-likeness (QED) is 0.711. The molecular weight excluding hydrogens is 254 g/mol. The first-order valence-electron chi connectivity index (χ1n) is 7.92. The van der Waals surface area contributed by atoms with Gasteiger partial charge in [0, 0.05) is 0 Å². The lowest BCUT2D eigenvalue weighted by molar-refractivity contribution is 0.146. The van der Waals surface area contributed by atoms with Crippen molar-refractivity contribution in [2.75, 3.05) is 0 Å². The number of benzene rings is 2. The molecule has 3 rings (SSSR count). The summed E-state index contributed by atoms with van der Waals surface area (Å²) in [5.74, 6) is 0. The van der Waals surface area contributed by atoms with Crippen molar-refractivity contribution < 1.29 is 0 Å². The molecule has 0 spiro atoms. The second kappa shape index (κ2) is 5.19. The Hall–Kier alpha value is -1.81. The molecule has 2 aromatic rings. The van der Waals surface area contributed by atoms with Gasteiger partial charge < -0.3 is 0 Å². The molecule has 0 radical (unpaired) electrons. The molecule has 108 valence electrons. The third kappa shape index (κ3) is 2.81. The Morgan fingerprint density at radius 1 is 0.952 bits per heavy atom. The second-order valence-electron chi connectivity index (χ2n) is 7.37. The topological polar surface area (TPSA) is 23.8 Å². The van der Waals surface area contributed by atoms with Crippen LogP contribution in [0.2, 0.25) is 0 Å².